The number of amides is 1. The lowest BCUT2D eigenvalue weighted by molar-refractivity contribution is -0.115. The summed E-state index contributed by atoms with van der Waals surface area (Å²) in [5.41, 5.74) is 0.0911. The number of benzene rings is 1. The Hall–Kier alpha value is -1.10. The molecule has 0 aliphatic carbocycles. The van der Waals surface area contributed by atoms with Crippen molar-refractivity contribution in [3.8, 4) is 0 Å². The van der Waals surface area contributed by atoms with Crippen LogP contribution in [0.5, 0.6) is 0 Å². The van der Waals surface area contributed by atoms with Crippen LogP contribution in [0.3, 0.4) is 0 Å². The van der Waals surface area contributed by atoms with E-state index < -0.39 is 22.8 Å². The summed E-state index contributed by atoms with van der Waals surface area (Å²) in [7, 11) is 0. The van der Waals surface area contributed by atoms with Crippen LogP contribution in [0.1, 0.15) is 6.92 Å². The number of rotatable bonds is 2. The molecule has 5 heteroatoms. The number of halogens is 2. The van der Waals surface area contributed by atoms with Gasteiger partial charge in [0.15, 0.2) is 0 Å². The predicted molar refractivity (Wildman–Crippen MR) is 53.4 cm³/mol. The maximum Gasteiger partial charge on any atom is 0.236 e. The summed E-state index contributed by atoms with van der Waals surface area (Å²) in [5.74, 6) is -1.86. The minimum absolute atomic E-state index is 0.0911. The quantitative estimate of drug-likeness (QED) is 0.731. The zero-order valence-corrected chi connectivity index (χ0v) is 8.32. The third kappa shape index (κ3) is 2.99. The Morgan fingerprint density at radius 1 is 1.36 bits per heavy atom. The normalized spacial score (nSPS) is 12.3. The van der Waals surface area contributed by atoms with Crippen LogP contribution in [0.2, 0.25) is 0 Å². The van der Waals surface area contributed by atoms with Crippen LogP contribution >= 0.6 is 12.6 Å². The molecule has 1 rings (SSSR count). The fraction of sp³-hybridized carbons (Fsp3) is 0.222. The third-order valence-electron chi connectivity index (χ3n) is 1.51. The molecular weight excluding hydrogens is 208 g/mol. The van der Waals surface area contributed by atoms with Gasteiger partial charge >= 0.3 is 0 Å². The summed E-state index contributed by atoms with van der Waals surface area (Å²) < 4.78 is 25.3. The maximum atomic E-state index is 12.7. The largest absolute Gasteiger partial charge is 0.325 e. The molecule has 0 saturated heterocycles. The van der Waals surface area contributed by atoms with Crippen LogP contribution in [0.4, 0.5) is 14.5 Å². The molecule has 2 nitrogen and oxygen atoms in total. The van der Waals surface area contributed by atoms with Gasteiger partial charge in [0.05, 0.1) is 5.25 Å². The molecule has 0 bridgehead atoms. The fourth-order valence-electron chi connectivity index (χ4n) is 0.873. The van der Waals surface area contributed by atoms with E-state index in [-0.39, 0.29) is 5.69 Å². The molecule has 0 aliphatic heterocycles. The Morgan fingerprint density at radius 3 is 2.29 bits per heavy atom. The lowest BCUT2D eigenvalue weighted by atomic mass is 10.3. The monoisotopic (exact) mass is 217 g/mol. The van der Waals surface area contributed by atoms with E-state index in [0.717, 1.165) is 18.2 Å². The second-order valence-electron chi connectivity index (χ2n) is 2.82. The Labute approximate surface area is 85.7 Å². The zero-order valence-electron chi connectivity index (χ0n) is 7.42. The van der Waals surface area contributed by atoms with Crippen LogP contribution in [0.25, 0.3) is 0 Å². The van der Waals surface area contributed by atoms with Crippen molar-refractivity contribution in [2.45, 2.75) is 12.2 Å². The van der Waals surface area contributed by atoms with E-state index in [0.29, 0.717) is 0 Å². The molecule has 0 fully saturated rings. The van der Waals surface area contributed by atoms with Crippen LogP contribution in [0, 0.1) is 11.6 Å². The van der Waals surface area contributed by atoms with Crippen molar-refractivity contribution in [2.24, 2.45) is 0 Å². The van der Waals surface area contributed by atoms with E-state index >= 15 is 0 Å². The van der Waals surface area contributed by atoms with Crippen molar-refractivity contribution in [3.63, 3.8) is 0 Å². The first-order valence-corrected chi connectivity index (χ1v) is 4.45. The van der Waals surface area contributed by atoms with E-state index in [1.165, 1.54) is 0 Å². The molecule has 1 unspecified atom stereocenters. The van der Waals surface area contributed by atoms with Gasteiger partial charge in [0.2, 0.25) is 5.91 Å². The summed E-state index contributed by atoms with van der Waals surface area (Å²) in [5, 5.41) is 1.80. The Kier molecular flexibility index (Phi) is 3.46. The molecule has 0 aliphatic rings. The van der Waals surface area contributed by atoms with Crippen molar-refractivity contribution in [3.05, 3.63) is 29.8 Å². The number of carbonyl (C=O) groups excluding carboxylic acids is 1. The average molecular weight is 217 g/mol. The lowest BCUT2D eigenvalue weighted by Gasteiger charge is -2.06. The predicted octanol–water partition coefficient (Wildman–Crippen LogP) is 2.22. The molecule has 1 aromatic carbocycles. The molecule has 1 amide bonds. The number of hydrogen-bond acceptors (Lipinski definition) is 2. The number of hydrogen-bond donors (Lipinski definition) is 2. The summed E-state index contributed by atoms with van der Waals surface area (Å²) >= 11 is 3.88. The van der Waals surface area contributed by atoms with Gasteiger partial charge in [-0.3, -0.25) is 4.79 Å². The molecule has 0 aromatic heterocycles. The molecule has 0 radical (unpaired) electrons. The minimum Gasteiger partial charge on any atom is -0.325 e. The van der Waals surface area contributed by atoms with Gasteiger partial charge in [-0.25, -0.2) is 8.78 Å². The van der Waals surface area contributed by atoms with Gasteiger partial charge < -0.3 is 5.32 Å². The lowest BCUT2D eigenvalue weighted by Crippen LogP contribution is -2.20. The minimum atomic E-state index is -0.730. The van der Waals surface area contributed by atoms with Crippen molar-refractivity contribution < 1.29 is 13.6 Å². The van der Waals surface area contributed by atoms with Gasteiger partial charge in [-0.1, -0.05) is 0 Å². The molecule has 1 aromatic rings. The first-order chi connectivity index (χ1) is 6.49. The second-order valence-corrected chi connectivity index (χ2v) is 3.60. The van der Waals surface area contributed by atoms with Crippen molar-refractivity contribution in [1.82, 2.24) is 0 Å². The van der Waals surface area contributed by atoms with Crippen molar-refractivity contribution in [2.75, 3.05) is 5.32 Å². The molecule has 14 heavy (non-hydrogen) atoms. The molecule has 0 spiro atoms. The van der Waals surface area contributed by atoms with Gasteiger partial charge in [-0.15, -0.1) is 0 Å². The molecule has 0 heterocycles. The van der Waals surface area contributed by atoms with Gasteiger partial charge in [-0.05, 0) is 19.1 Å². The molecular formula is C9H9F2NOS. The molecule has 1 atom stereocenters. The van der Waals surface area contributed by atoms with Crippen LogP contribution in [-0.4, -0.2) is 11.2 Å². The number of thiol groups is 1. The van der Waals surface area contributed by atoms with Crippen LogP contribution in [0.15, 0.2) is 18.2 Å². The number of carbonyl (C=O) groups is 1. The van der Waals surface area contributed by atoms with Gasteiger partial charge in [-0.2, -0.15) is 12.6 Å². The Bertz CT molecular complexity index is 334. The van der Waals surface area contributed by atoms with Crippen LogP contribution in [-0.2, 0) is 4.79 Å². The van der Waals surface area contributed by atoms with E-state index in [1.54, 1.807) is 6.92 Å². The van der Waals surface area contributed by atoms with Crippen molar-refractivity contribution in [1.29, 1.82) is 0 Å². The topological polar surface area (TPSA) is 29.1 Å². The summed E-state index contributed by atoms with van der Waals surface area (Å²) in [4.78, 5) is 11.1. The van der Waals surface area contributed by atoms with Gasteiger partial charge in [0.1, 0.15) is 11.6 Å². The highest BCUT2D eigenvalue weighted by molar-refractivity contribution is 7.81. The van der Waals surface area contributed by atoms with E-state index in [4.69, 9.17) is 0 Å². The van der Waals surface area contributed by atoms with Crippen molar-refractivity contribution >= 4 is 24.2 Å². The summed E-state index contributed by atoms with van der Waals surface area (Å²) in [6.45, 7) is 1.56. The third-order valence-corrected chi connectivity index (χ3v) is 1.74. The highest BCUT2D eigenvalue weighted by Crippen LogP contribution is 2.13. The molecule has 0 saturated carbocycles. The standard InChI is InChI=1S/C9H9F2NOS/c1-5(14)9(13)12-8-3-6(10)2-7(11)4-8/h2-5,14H,1H3,(H,12,13). The number of anilines is 1. The van der Waals surface area contributed by atoms with Crippen LogP contribution < -0.4 is 5.32 Å². The van der Waals surface area contributed by atoms with E-state index in [1.807, 2.05) is 0 Å². The van der Waals surface area contributed by atoms with Gasteiger partial charge in [0.25, 0.3) is 0 Å². The average Bonchev–Trinajstić information content (AvgIpc) is 2.01. The highest BCUT2D eigenvalue weighted by Gasteiger charge is 2.09. The first kappa shape index (κ1) is 11.0. The zero-order chi connectivity index (χ0) is 10.7. The summed E-state index contributed by atoms with van der Waals surface area (Å²) in [6, 6.07) is 2.81. The van der Waals surface area contributed by atoms with E-state index in [2.05, 4.69) is 17.9 Å². The fourth-order valence-corrected chi connectivity index (χ4v) is 0.937. The second kappa shape index (κ2) is 4.41. The summed E-state index contributed by atoms with van der Waals surface area (Å²) in [6.07, 6.45) is 0. The maximum absolute atomic E-state index is 12.7. The molecule has 1 N–H and O–H groups in total. The van der Waals surface area contributed by atoms with E-state index in [9.17, 15) is 13.6 Å². The molecule has 76 valence electrons. The highest BCUT2D eigenvalue weighted by atomic mass is 32.1. The van der Waals surface area contributed by atoms with Gasteiger partial charge in [0, 0.05) is 11.8 Å². The Balaban J connectivity index is 2.82. The number of nitrogens with one attached hydrogen (secondary N) is 1. The SMILES string of the molecule is CC(S)C(=O)Nc1cc(F)cc(F)c1. The first-order valence-electron chi connectivity index (χ1n) is 3.94. The Morgan fingerprint density at radius 2 is 1.86 bits per heavy atom. The smallest absolute Gasteiger partial charge is 0.236 e.